The van der Waals surface area contributed by atoms with Crippen LogP contribution in [0.3, 0.4) is 0 Å². The maximum absolute atomic E-state index is 11.5. The van der Waals surface area contributed by atoms with E-state index in [9.17, 15) is 3.83 Å². The number of rotatable bonds is 1. The number of benzene rings is 1. The van der Waals surface area contributed by atoms with Crippen LogP contribution in [-0.4, -0.2) is 25.3 Å². The number of fused-ring (bicyclic) bond motifs is 1. The topological polar surface area (TPSA) is 20.3 Å². The van der Waals surface area contributed by atoms with Crippen molar-refractivity contribution < 1.29 is 3.83 Å². The van der Waals surface area contributed by atoms with E-state index in [0.717, 1.165) is 10.1 Å². The van der Waals surface area contributed by atoms with Crippen molar-refractivity contribution >= 4 is 35.6 Å². The van der Waals surface area contributed by atoms with Crippen molar-refractivity contribution in [2.45, 2.75) is 0 Å². The molecule has 0 radical (unpaired) electrons. The third-order valence-corrected chi connectivity index (χ3v) is 5.06. The maximum atomic E-state index is 11.5. The summed E-state index contributed by atoms with van der Waals surface area (Å²) in [5.41, 5.74) is 1.68. The number of halogens is 1. The number of anilines is 1. The van der Waals surface area contributed by atoms with Crippen LogP contribution in [-0.2, 0) is 3.83 Å². The summed E-state index contributed by atoms with van der Waals surface area (Å²) in [6.07, 6.45) is 0. The van der Waals surface area contributed by atoms with Crippen LogP contribution < -0.4 is 9.36 Å². The monoisotopic (exact) mass is 249 g/mol. The van der Waals surface area contributed by atoms with Gasteiger partial charge >= 0.3 is 80.0 Å². The number of hydrogen-bond donors (Lipinski definition) is 0. The van der Waals surface area contributed by atoms with Crippen molar-refractivity contribution in [1.29, 1.82) is 0 Å². The number of para-hydroxylation sites is 1. The summed E-state index contributed by atoms with van der Waals surface area (Å²) in [7, 11) is 0. The van der Waals surface area contributed by atoms with Gasteiger partial charge in [-0.25, -0.2) is 0 Å². The molecule has 1 aromatic rings. The molecular weight excluding hydrogens is 241 g/mol. The standard InChI is InChI=1S/C8H8ClNOSe/c9-5-10-6-12(11)8-4-2-1-3-7(8)10/h1-4H,5-6H2. The van der Waals surface area contributed by atoms with Gasteiger partial charge in [-0.1, -0.05) is 0 Å². The average Bonchev–Trinajstić information content (AvgIpc) is 2.44. The zero-order valence-electron chi connectivity index (χ0n) is 6.37. The molecular formula is C8H8ClNOSe. The molecule has 1 aliphatic heterocycles. The van der Waals surface area contributed by atoms with E-state index in [4.69, 9.17) is 11.6 Å². The van der Waals surface area contributed by atoms with Gasteiger partial charge < -0.3 is 0 Å². The van der Waals surface area contributed by atoms with Gasteiger partial charge in [0, 0.05) is 0 Å². The van der Waals surface area contributed by atoms with Crippen LogP contribution in [0.5, 0.6) is 0 Å². The third kappa shape index (κ3) is 1.18. The van der Waals surface area contributed by atoms with Crippen molar-refractivity contribution in [3.8, 4) is 0 Å². The summed E-state index contributed by atoms with van der Waals surface area (Å²) >= 11 is 3.91. The Balaban J connectivity index is 2.50. The summed E-state index contributed by atoms with van der Waals surface area (Å²) < 4.78 is 12.5. The van der Waals surface area contributed by atoms with E-state index in [1.54, 1.807) is 0 Å². The summed E-state index contributed by atoms with van der Waals surface area (Å²) in [4.78, 5) is 1.95. The molecule has 1 aliphatic rings. The zero-order valence-corrected chi connectivity index (χ0v) is 8.83. The van der Waals surface area contributed by atoms with Crippen LogP contribution in [0.15, 0.2) is 24.3 Å². The van der Waals surface area contributed by atoms with Gasteiger partial charge in [0.05, 0.1) is 0 Å². The van der Waals surface area contributed by atoms with E-state index in [2.05, 4.69) is 0 Å². The molecule has 1 heterocycles. The van der Waals surface area contributed by atoms with Crippen molar-refractivity contribution in [2.75, 3.05) is 16.3 Å². The summed E-state index contributed by atoms with van der Waals surface area (Å²) in [5, 5.41) is 0. The van der Waals surface area contributed by atoms with Gasteiger partial charge in [0.15, 0.2) is 0 Å². The molecule has 1 unspecified atom stereocenters. The molecule has 1 aromatic carbocycles. The molecule has 0 bridgehead atoms. The first-order valence-electron chi connectivity index (χ1n) is 3.61. The van der Waals surface area contributed by atoms with Crippen LogP contribution >= 0.6 is 11.6 Å². The fourth-order valence-corrected chi connectivity index (χ4v) is 4.49. The van der Waals surface area contributed by atoms with Gasteiger partial charge in [0.2, 0.25) is 0 Å². The Bertz CT molecular complexity index is 329. The Hall–Kier alpha value is -0.371. The quantitative estimate of drug-likeness (QED) is 0.418. The number of alkyl halides is 1. The van der Waals surface area contributed by atoms with Crippen LogP contribution in [0.2, 0.25) is 0 Å². The van der Waals surface area contributed by atoms with Crippen molar-refractivity contribution in [1.82, 2.24) is 0 Å². The van der Waals surface area contributed by atoms with Crippen LogP contribution in [0.4, 0.5) is 5.69 Å². The number of nitrogens with zero attached hydrogens (tertiary/aromatic N) is 1. The van der Waals surface area contributed by atoms with E-state index in [-0.39, 0.29) is 0 Å². The Morgan fingerprint density at radius 2 is 2.25 bits per heavy atom. The Labute approximate surface area is 80.2 Å². The second-order valence-corrected chi connectivity index (χ2v) is 5.76. The minimum atomic E-state index is -1.80. The molecule has 64 valence electrons. The molecule has 0 N–H and O–H groups in total. The van der Waals surface area contributed by atoms with Crippen molar-refractivity contribution in [2.24, 2.45) is 0 Å². The predicted molar refractivity (Wildman–Crippen MR) is 50.6 cm³/mol. The van der Waals surface area contributed by atoms with Crippen molar-refractivity contribution in [3.05, 3.63) is 24.3 Å². The van der Waals surface area contributed by atoms with Gasteiger partial charge in [-0.15, -0.1) is 0 Å². The summed E-state index contributed by atoms with van der Waals surface area (Å²) in [5.74, 6) is 0. The summed E-state index contributed by atoms with van der Waals surface area (Å²) in [6, 6.07) is 8.20. The Morgan fingerprint density at radius 3 is 3.00 bits per heavy atom. The molecule has 0 fully saturated rings. The fraction of sp³-hybridized carbons (Fsp3) is 0.250. The third-order valence-electron chi connectivity index (χ3n) is 1.87. The van der Waals surface area contributed by atoms with E-state index in [1.807, 2.05) is 29.2 Å². The first kappa shape index (κ1) is 8.24. The molecule has 0 amide bonds. The van der Waals surface area contributed by atoms with E-state index in [0.29, 0.717) is 11.4 Å². The molecule has 12 heavy (non-hydrogen) atoms. The first-order valence-corrected chi connectivity index (χ1v) is 6.91. The SMILES string of the molecule is O=[Se]1CN(CCl)c2ccccc21. The molecule has 0 spiro atoms. The van der Waals surface area contributed by atoms with Gasteiger partial charge in [-0.3, -0.25) is 0 Å². The second-order valence-electron chi connectivity index (χ2n) is 2.60. The van der Waals surface area contributed by atoms with Crippen molar-refractivity contribution in [3.63, 3.8) is 0 Å². The molecule has 0 aliphatic carbocycles. The first-order chi connectivity index (χ1) is 5.83. The zero-order chi connectivity index (χ0) is 8.55. The second kappa shape index (κ2) is 3.17. The molecule has 2 nitrogen and oxygen atoms in total. The van der Waals surface area contributed by atoms with Gasteiger partial charge in [0.1, 0.15) is 0 Å². The Morgan fingerprint density at radius 1 is 1.50 bits per heavy atom. The molecule has 2 rings (SSSR count). The molecule has 1 atom stereocenters. The van der Waals surface area contributed by atoms with Gasteiger partial charge in [-0.05, 0) is 0 Å². The molecule has 0 saturated heterocycles. The molecule has 0 saturated carbocycles. The average molecular weight is 249 g/mol. The molecule has 0 aromatic heterocycles. The predicted octanol–water partition coefficient (Wildman–Crippen LogP) is 0.871. The Kier molecular flexibility index (Phi) is 2.18. The van der Waals surface area contributed by atoms with Crippen LogP contribution in [0, 0.1) is 0 Å². The normalized spacial score (nSPS) is 21.1. The number of hydrogen-bond acceptors (Lipinski definition) is 2. The van der Waals surface area contributed by atoms with E-state index < -0.39 is 13.8 Å². The van der Waals surface area contributed by atoms with Gasteiger partial charge in [-0.2, -0.15) is 0 Å². The van der Waals surface area contributed by atoms with E-state index in [1.165, 1.54) is 0 Å². The minimum absolute atomic E-state index is 0.430. The van der Waals surface area contributed by atoms with Crippen LogP contribution in [0.25, 0.3) is 0 Å². The summed E-state index contributed by atoms with van der Waals surface area (Å²) in [6.45, 7) is 0. The van der Waals surface area contributed by atoms with Gasteiger partial charge in [0.25, 0.3) is 0 Å². The van der Waals surface area contributed by atoms with Crippen LogP contribution in [0.1, 0.15) is 0 Å². The van der Waals surface area contributed by atoms with E-state index >= 15 is 0 Å². The fourth-order valence-electron chi connectivity index (χ4n) is 1.29. The molecule has 4 heteroatoms.